The van der Waals surface area contributed by atoms with Gasteiger partial charge in [0.25, 0.3) is 5.91 Å². The van der Waals surface area contributed by atoms with Crippen LogP contribution in [0, 0.1) is 6.92 Å². The molecule has 0 spiro atoms. The van der Waals surface area contributed by atoms with Gasteiger partial charge in [-0.05, 0) is 35.7 Å². The summed E-state index contributed by atoms with van der Waals surface area (Å²) in [5.41, 5.74) is 3.94. The van der Waals surface area contributed by atoms with E-state index in [9.17, 15) is 9.59 Å². The second kappa shape index (κ2) is 9.47. The zero-order valence-corrected chi connectivity index (χ0v) is 17.7. The molecule has 0 aromatic heterocycles. The second-order valence-corrected chi connectivity index (χ2v) is 7.78. The standard InChI is InChI=1S/C26H26N2O3/c1-20-12-13-24-23(16-20)28(26(30)19-31-24)15-14-25(29)27(17-21-8-4-2-5-9-21)18-22-10-6-3-7-11-22/h2-13,16H,14-15,17-19H2,1H3. The summed E-state index contributed by atoms with van der Waals surface area (Å²) >= 11 is 0. The lowest BCUT2D eigenvalue weighted by Crippen LogP contribution is -2.41. The molecule has 0 radical (unpaired) electrons. The fourth-order valence-corrected chi connectivity index (χ4v) is 3.76. The van der Waals surface area contributed by atoms with Crippen LogP contribution in [0.4, 0.5) is 5.69 Å². The van der Waals surface area contributed by atoms with Crippen LogP contribution in [0.2, 0.25) is 0 Å². The van der Waals surface area contributed by atoms with Gasteiger partial charge in [0.2, 0.25) is 5.91 Å². The molecule has 31 heavy (non-hydrogen) atoms. The predicted octanol–water partition coefficient (Wildman–Crippen LogP) is 4.34. The van der Waals surface area contributed by atoms with Crippen molar-refractivity contribution in [2.45, 2.75) is 26.4 Å². The molecule has 0 saturated carbocycles. The monoisotopic (exact) mass is 414 g/mol. The van der Waals surface area contributed by atoms with Crippen molar-refractivity contribution in [3.63, 3.8) is 0 Å². The highest BCUT2D eigenvalue weighted by Gasteiger charge is 2.26. The minimum atomic E-state index is -0.122. The molecule has 3 aromatic rings. The van der Waals surface area contributed by atoms with Gasteiger partial charge in [-0.25, -0.2) is 0 Å². The molecule has 0 fully saturated rings. The van der Waals surface area contributed by atoms with Crippen molar-refractivity contribution >= 4 is 17.5 Å². The van der Waals surface area contributed by atoms with Crippen molar-refractivity contribution in [1.82, 2.24) is 4.90 Å². The van der Waals surface area contributed by atoms with Crippen LogP contribution in [-0.4, -0.2) is 29.9 Å². The van der Waals surface area contributed by atoms with E-state index in [1.807, 2.05) is 90.7 Å². The third-order valence-corrected chi connectivity index (χ3v) is 5.39. The van der Waals surface area contributed by atoms with Crippen LogP contribution in [0.5, 0.6) is 5.75 Å². The van der Waals surface area contributed by atoms with E-state index in [-0.39, 0.29) is 24.8 Å². The van der Waals surface area contributed by atoms with E-state index in [1.165, 1.54) is 0 Å². The molecule has 0 aliphatic carbocycles. The van der Waals surface area contributed by atoms with E-state index in [4.69, 9.17) is 4.74 Å². The first kappa shape index (κ1) is 20.7. The highest BCUT2D eigenvalue weighted by Crippen LogP contribution is 2.33. The third kappa shape index (κ3) is 5.12. The summed E-state index contributed by atoms with van der Waals surface area (Å²) in [7, 11) is 0. The summed E-state index contributed by atoms with van der Waals surface area (Å²) < 4.78 is 5.55. The van der Waals surface area contributed by atoms with Crippen LogP contribution in [0.15, 0.2) is 78.9 Å². The van der Waals surface area contributed by atoms with E-state index in [0.717, 1.165) is 22.4 Å². The van der Waals surface area contributed by atoms with Crippen LogP contribution in [0.3, 0.4) is 0 Å². The summed E-state index contributed by atoms with van der Waals surface area (Å²) in [6.07, 6.45) is 0.249. The minimum Gasteiger partial charge on any atom is -0.482 e. The molecule has 5 nitrogen and oxygen atoms in total. The zero-order chi connectivity index (χ0) is 21.6. The Morgan fingerprint density at radius 3 is 2.16 bits per heavy atom. The quantitative estimate of drug-likeness (QED) is 0.578. The van der Waals surface area contributed by atoms with Crippen molar-refractivity contribution in [2.24, 2.45) is 0 Å². The summed E-state index contributed by atoms with van der Waals surface area (Å²) in [6.45, 7) is 3.37. The zero-order valence-electron chi connectivity index (χ0n) is 17.7. The molecule has 0 bridgehead atoms. The minimum absolute atomic E-state index is 0.00198. The van der Waals surface area contributed by atoms with Crippen molar-refractivity contribution in [2.75, 3.05) is 18.1 Å². The molecule has 0 saturated heterocycles. The van der Waals surface area contributed by atoms with Gasteiger partial charge < -0.3 is 14.5 Å². The second-order valence-electron chi connectivity index (χ2n) is 7.78. The molecule has 1 aliphatic heterocycles. The Morgan fingerprint density at radius 2 is 1.55 bits per heavy atom. The molecular weight excluding hydrogens is 388 g/mol. The van der Waals surface area contributed by atoms with E-state index < -0.39 is 0 Å². The number of anilines is 1. The van der Waals surface area contributed by atoms with Crippen LogP contribution in [-0.2, 0) is 22.7 Å². The summed E-state index contributed by atoms with van der Waals surface area (Å²) in [6, 6.07) is 25.7. The van der Waals surface area contributed by atoms with Crippen molar-refractivity contribution in [3.05, 3.63) is 95.6 Å². The molecule has 1 aliphatic rings. The van der Waals surface area contributed by atoms with E-state index in [1.54, 1.807) is 4.90 Å². The molecule has 3 aromatic carbocycles. The van der Waals surface area contributed by atoms with Gasteiger partial charge in [-0.15, -0.1) is 0 Å². The topological polar surface area (TPSA) is 49.9 Å². The number of hydrogen-bond acceptors (Lipinski definition) is 3. The summed E-state index contributed by atoms with van der Waals surface area (Å²) in [4.78, 5) is 29.3. The van der Waals surface area contributed by atoms with E-state index in [2.05, 4.69) is 0 Å². The van der Waals surface area contributed by atoms with E-state index in [0.29, 0.717) is 25.4 Å². The maximum atomic E-state index is 13.2. The number of amides is 2. The van der Waals surface area contributed by atoms with Gasteiger partial charge in [0.15, 0.2) is 6.61 Å². The van der Waals surface area contributed by atoms with Crippen molar-refractivity contribution < 1.29 is 14.3 Å². The number of fused-ring (bicyclic) bond motifs is 1. The lowest BCUT2D eigenvalue weighted by Gasteiger charge is -2.30. The maximum Gasteiger partial charge on any atom is 0.265 e. The number of rotatable bonds is 7. The first-order chi connectivity index (χ1) is 15.1. The Kier molecular flexibility index (Phi) is 6.32. The molecule has 2 amide bonds. The lowest BCUT2D eigenvalue weighted by molar-refractivity contribution is -0.132. The largest absolute Gasteiger partial charge is 0.482 e. The summed E-state index contributed by atoms with van der Waals surface area (Å²) in [5.74, 6) is 0.577. The first-order valence-electron chi connectivity index (χ1n) is 10.5. The predicted molar refractivity (Wildman–Crippen MR) is 121 cm³/mol. The van der Waals surface area contributed by atoms with Crippen LogP contribution in [0.25, 0.3) is 0 Å². The number of aryl methyl sites for hydroxylation is 1. The molecular formula is C26H26N2O3. The Balaban J connectivity index is 1.49. The van der Waals surface area contributed by atoms with Crippen LogP contribution in [0.1, 0.15) is 23.1 Å². The maximum absolute atomic E-state index is 13.2. The number of nitrogens with zero attached hydrogens (tertiary/aromatic N) is 2. The Bertz CT molecular complexity index is 1010. The van der Waals surface area contributed by atoms with E-state index >= 15 is 0 Å². The van der Waals surface area contributed by atoms with Crippen molar-refractivity contribution in [1.29, 1.82) is 0 Å². The molecule has 0 N–H and O–H groups in total. The summed E-state index contributed by atoms with van der Waals surface area (Å²) in [5, 5.41) is 0. The fraction of sp³-hybridized carbons (Fsp3) is 0.231. The number of hydrogen-bond donors (Lipinski definition) is 0. The molecule has 4 rings (SSSR count). The molecule has 0 unspecified atom stereocenters. The average molecular weight is 415 g/mol. The first-order valence-corrected chi connectivity index (χ1v) is 10.5. The molecule has 1 heterocycles. The van der Waals surface area contributed by atoms with Crippen molar-refractivity contribution in [3.8, 4) is 5.75 Å². The van der Waals surface area contributed by atoms with Gasteiger partial charge in [0.1, 0.15) is 5.75 Å². The smallest absolute Gasteiger partial charge is 0.265 e. The Morgan fingerprint density at radius 1 is 0.935 bits per heavy atom. The molecule has 0 atom stereocenters. The molecule has 158 valence electrons. The normalized spacial score (nSPS) is 12.8. The van der Waals surface area contributed by atoms with Gasteiger partial charge in [0, 0.05) is 26.1 Å². The van der Waals surface area contributed by atoms with Gasteiger partial charge >= 0.3 is 0 Å². The van der Waals surface area contributed by atoms with Gasteiger partial charge in [-0.3, -0.25) is 9.59 Å². The number of carbonyl (C=O) groups excluding carboxylic acids is 2. The van der Waals surface area contributed by atoms with Crippen LogP contribution >= 0.6 is 0 Å². The lowest BCUT2D eigenvalue weighted by atomic mass is 10.1. The fourth-order valence-electron chi connectivity index (χ4n) is 3.76. The Hall–Kier alpha value is -3.60. The highest BCUT2D eigenvalue weighted by molar-refractivity contribution is 5.98. The average Bonchev–Trinajstić information content (AvgIpc) is 2.79. The van der Waals surface area contributed by atoms with Gasteiger partial charge in [0.05, 0.1) is 5.69 Å². The highest BCUT2D eigenvalue weighted by atomic mass is 16.5. The van der Waals surface area contributed by atoms with Crippen LogP contribution < -0.4 is 9.64 Å². The molecule has 5 heteroatoms. The number of carbonyl (C=O) groups is 2. The van der Waals surface area contributed by atoms with Gasteiger partial charge in [-0.2, -0.15) is 0 Å². The Labute approximate surface area is 182 Å². The number of benzene rings is 3. The SMILES string of the molecule is Cc1ccc2c(c1)N(CCC(=O)N(Cc1ccccc1)Cc1ccccc1)C(=O)CO2. The third-order valence-electron chi connectivity index (χ3n) is 5.39. The number of ether oxygens (including phenoxy) is 1. The van der Waals surface area contributed by atoms with Gasteiger partial charge in [-0.1, -0.05) is 66.7 Å².